The Labute approximate surface area is 147 Å². The first-order valence-electron chi connectivity index (χ1n) is 7.36. The third kappa shape index (κ3) is 2.44. The highest BCUT2D eigenvalue weighted by Crippen LogP contribution is 2.35. The number of rotatable bonds is 2. The van der Waals surface area contributed by atoms with Gasteiger partial charge in [-0.2, -0.15) is 0 Å². The lowest BCUT2D eigenvalue weighted by Crippen LogP contribution is -2.01. The zero-order chi connectivity index (χ0) is 16.8. The number of aromatic carboxylic acids is 1. The van der Waals surface area contributed by atoms with Crippen LogP contribution in [0.25, 0.3) is 31.6 Å². The number of carbonyl (C=O) groups is 1. The van der Waals surface area contributed by atoms with Gasteiger partial charge in [0, 0.05) is 15.1 Å². The molecule has 5 heteroatoms. The summed E-state index contributed by atoms with van der Waals surface area (Å²) in [7, 11) is 0. The molecule has 0 aliphatic carbocycles. The number of nitrogens with zero attached hydrogens (tertiary/aromatic N) is 1. The van der Waals surface area contributed by atoms with E-state index in [0.717, 1.165) is 20.5 Å². The van der Waals surface area contributed by atoms with Crippen LogP contribution in [0.2, 0.25) is 5.02 Å². The fourth-order valence-electron chi connectivity index (χ4n) is 2.87. The van der Waals surface area contributed by atoms with Crippen LogP contribution in [0, 0.1) is 6.92 Å². The minimum absolute atomic E-state index is 0.220. The van der Waals surface area contributed by atoms with Crippen LogP contribution in [-0.4, -0.2) is 16.1 Å². The molecule has 0 saturated heterocycles. The maximum absolute atomic E-state index is 11.7. The number of pyridine rings is 1. The van der Waals surface area contributed by atoms with Crippen molar-refractivity contribution in [2.75, 3.05) is 0 Å². The molecular weight excluding hydrogens is 342 g/mol. The van der Waals surface area contributed by atoms with Crippen LogP contribution >= 0.6 is 22.9 Å². The van der Waals surface area contributed by atoms with E-state index < -0.39 is 5.97 Å². The smallest absolute Gasteiger partial charge is 0.336 e. The number of carboxylic acid groups (broad SMARTS) is 1. The molecule has 1 N–H and O–H groups in total. The standard InChI is InChI=1S/C19H12ClNO2S/c1-10-6-12(20)8-13-14(19(22)23)9-15(21-18(10)13)17-7-11-4-2-3-5-16(11)24-17/h2-9H,1H3,(H,22,23). The number of hydrogen-bond acceptors (Lipinski definition) is 3. The summed E-state index contributed by atoms with van der Waals surface area (Å²) in [6.45, 7) is 1.89. The SMILES string of the molecule is Cc1cc(Cl)cc2c(C(=O)O)cc(-c3cc4ccccc4s3)nc12. The molecule has 0 aliphatic heterocycles. The van der Waals surface area contributed by atoms with Gasteiger partial charge in [0.15, 0.2) is 0 Å². The number of hydrogen-bond donors (Lipinski definition) is 1. The van der Waals surface area contributed by atoms with E-state index >= 15 is 0 Å². The number of fused-ring (bicyclic) bond motifs is 2. The van der Waals surface area contributed by atoms with Gasteiger partial charge in [-0.3, -0.25) is 0 Å². The summed E-state index contributed by atoms with van der Waals surface area (Å²) in [4.78, 5) is 17.4. The quantitative estimate of drug-likeness (QED) is 0.497. The van der Waals surface area contributed by atoms with E-state index in [-0.39, 0.29) is 5.56 Å². The Morgan fingerprint density at radius 2 is 1.96 bits per heavy atom. The molecule has 0 radical (unpaired) electrons. The van der Waals surface area contributed by atoms with Crippen molar-refractivity contribution in [1.82, 2.24) is 4.98 Å². The highest BCUT2D eigenvalue weighted by molar-refractivity contribution is 7.22. The largest absolute Gasteiger partial charge is 0.478 e. The Morgan fingerprint density at radius 1 is 1.17 bits per heavy atom. The summed E-state index contributed by atoms with van der Waals surface area (Å²) >= 11 is 7.70. The summed E-state index contributed by atoms with van der Waals surface area (Å²) < 4.78 is 1.15. The van der Waals surface area contributed by atoms with Gasteiger partial charge in [-0.05, 0) is 48.2 Å². The molecule has 0 atom stereocenters. The van der Waals surface area contributed by atoms with Crippen LogP contribution in [0.4, 0.5) is 0 Å². The van der Waals surface area contributed by atoms with Gasteiger partial charge in [0.2, 0.25) is 0 Å². The zero-order valence-corrected chi connectivity index (χ0v) is 14.3. The summed E-state index contributed by atoms with van der Waals surface area (Å²) in [5.41, 5.74) is 2.43. The van der Waals surface area contributed by atoms with Crippen molar-refractivity contribution in [2.24, 2.45) is 0 Å². The molecule has 118 valence electrons. The van der Waals surface area contributed by atoms with E-state index in [1.807, 2.05) is 37.3 Å². The third-order valence-electron chi connectivity index (χ3n) is 3.98. The van der Waals surface area contributed by atoms with E-state index in [1.54, 1.807) is 29.5 Å². The Bertz CT molecular complexity index is 1080. The first-order valence-corrected chi connectivity index (χ1v) is 8.55. The van der Waals surface area contributed by atoms with E-state index in [2.05, 4.69) is 0 Å². The minimum atomic E-state index is -0.980. The number of aryl methyl sites for hydroxylation is 1. The lowest BCUT2D eigenvalue weighted by Gasteiger charge is -2.08. The van der Waals surface area contributed by atoms with Crippen molar-refractivity contribution >= 4 is 49.9 Å². The zero-order valence-electron chi connectivity index (χ0n) is 12.7. The topological polar surface area (TPSA) is 50.2 Å². The normalized spacial score (nSPS) is 11.2. The third-order valence-corrected chi connectivity index (χ3v) is 5.33. The predicted molar refractivity (Wildman–Crippen MR) is 99.3 cm³/mol. The number of thiophene rings is 1. The Balaban J connectivity index is 2.04. The van der Waals surface area contributed by atoms with Crippen molar-refractivity contribution in [2.45, 2.75) is 6.92 Å². The van der Waals surface area contributed by atoms with E-state index in [1.165, 1.54) is 0 Å². The molecular formula is C19H12ClNO2S. The number of aromatic nitrogens is 1. The molecule has 0 unspecified atom stereocenters. The van der Waals surface area contributed by atoms with Gasteiger partial charge in [-0.15, -0.1) is 11.3 Å². The number of carboxylic acids is 1. The van der Waals surface area contributed by atoms with E-state index in [9.17, 15) is 9.90 Å². The van der Waals surface area contributed by atoms with E-state index in [4.69, 9.17) is 16.6 Å². The minimum Gasteiger partial charge on any atom is -0.478 e. The van der Waals surface area contributed by atoms with Crippen LogP contribution in [0.1, 0.15) is 15.9 Å². The van der Waals surface area contributed by atoms with Crippen LogP contribution in [0.15, 0.2) is 48.5 Å². The second-order valence-corrected chi connectivity index (χ2v) is 7.15. The highest BCUT2D eigenvalue weighted by Gasteiger charge is 2.16. The van der Waals surface area contributed by atoms with Gasteiger partial charge in [0.1, 0.15) is 0 Å². The van der Waals surface area contributed by atoms with Gasteiger partial charge >= 0.3 is 5.97 Å². The maximum atomic E-state index is 11.7. The second kappa shape index (κ2) is 5.58. The molecule has 0 aliphatic rings. The summed E-state index contributed by atoms with van der Waals surface area (Å²) in [6.07, 6.45) is 0. The molecule has 2 heterocycles. The first-order chi connectivity index (χ1) is 11.5. The summed E-state index contributed by atoms with van der Waals surface area (Å²) in [6, 6.07) is 15.2. The highest BCUT2D eigenvalue weighted by atomic mass is 35.5. The molecule has 4 rings (SSSR count). The molecule has 3 nitrogen and oxygen atoms in total. The van der Waals surface area contributed by atoms with Crippen molar-refractivity contribution in [3.8, 4) is 10.6 Å². The van der Waals surface area contributed by atoms with Crippen molar-refractivity contribution < 1.29 is 9.90 Å². The van der Waals surface area contributed by atoms with Gasteiger partial charge in [-0.1, -0.05) is 29.8 Å². The van der Waals surface area contributed by atoms with Gasteiger partial charge in [-0.25, -0.2) is 9.78 Å². The average molecular weight is 354 g/mol. The van der Waals surface area contributed by atoms with Gasteiger partial charge in [0.05, 0.1) is 21.7 Å². The Morgan fingerprint density at radius 3 is 2.71 bits per heavy atom. The molecule has 0 saturated carbocycles. The van der Waals surface area contributed by atoms with Crippen LogP contribution in [-0.2, 0) is 0 Å². The summed E-state index contributed by atoms with van der Waals surface area (Å²) in [5.74, 6) is -0.980. The summed E-state index contributed by atoms with van der Waals surface area (Å²) in [5, 5.41) is 11.8. The van der Waals surface area contributed by atoms with Crippen LogP contribution < -0.4 is 0 Å². The predicted octanol–water partition coefficient (Wildman–Crippen LogP) is 5.78. The van der Waals surface area contributed by atoms with Crippen molar-refractivity contribution in [3.63, 3.8) is 0 Å². The number of benzene rings is 2. The molecule has 0 fully saturated rings. The van der Waals surface area contributed by atoms with E-state index in [0.29, 0.717) is 21.6 Å². The fourth-order valence-corrected chi connectivity index (χ4v) is 4.16. The van der Waals surface area contributed by atoms with Crippen LogP contribution in [0.3, 0.4) is 0 Å². The fraction of sp³-hybridized carbons (Fsp3) is 0.0526. The maximum Gasteiger partial charge on any atom is 0.336 e. The van der Waals surface area contributed by atoms with Gasteiger partial charge in [0.25, 0.3) is 0 Å². The lowest BCUT2D eigenvalue weighted by molar-refractivity contribution is 0.0699. The number of halogens is 1. The second-order valence-electron chi connectivity index (χ2n) is 5.63. The molecule has 0 bridgehead atoms. The molecule has 2 aromatic carbocycles. The first kappa shape index (κ1) is 15.1. The monoisotopic (exact) mass is 353 g/mol. The Kier molecular flexibility index (Phi) is 3.52. The van der Waals surface area contributed by atoms with Crippen LogP contribution in [0.5, 0.6) is 0 Å². The molecule has 0 spiro atoms. The average Bonchev–Trinajstić information content (AvgIpc) is 2.98. The molecule has 4 aromatic rings. The van der Waals surface area contributed by atoms with Gasteiger partial charge < -0.3 is 5.11 Å². The molecule has 2 aromatic heterocycles. The molecule has 24 heavy (non-hydrogen) atoms. The lowest BCUT2D eigenvalue weighted by atomic mass is 10.0. The van der Waals surface area contributed by atoms with Crippen molar-refractivity contribution in [1.29, 1.82) is 0 Å². The van der Waals surface area contributed by atoms with Crippen molar-refractivity contribution in [3.05, 3.63) is 64.7 Å². The molecule has 0 amide bonds. The Hall–Kier alpha value is -2.43.